The number of piperidine rings is 1. The molecule has 1 aliphatic carbocycles. The van der Waals surface area contributed by atoms with Gasteiger partial charge in [-0.2, -0.15) is 22.7 Å². The number of fused-ring (bicyclic) bond motifs is 3. The molecule has 294 valence electrons. The van der Waals surface area contributed by atoms with Gasteiger partial charge < -0.3 is 24.8 Å². The van der Waals surface area contributed by atoms with Gasteiger partial charge in [0.2, 0.25) is 11.7 Å². The van der Waals surface area contributed by atoms with E-state index in [9.17, 15) is 32.7 Å². The normalized spacial score (nSPS) is 16.6. The van der Waals surface area contributed by atoms with Crippen molar-refractivity contribution in [3.05, 3.63) is 97.4 Å². The zero-order valence-corrected chi connectivity index (χ0v) is 31.3. The van der Waals surface area contributed by atoms with Gasteiger partial charge in [-0.05, 0) is 76.5 Å². The molecule has 2 aliphatic rings. The molecule has 1 fully saturated rings. The number of aromatic nitrogens is 6. The van der Waals surface area contributed by atoms with Crippen LogP contribution in [0.2, 0.25) is 5.02 Å². The number of hydrogen-bond donors (Lipinski definition) is 2. The lowest BCUT2D eigenvalue weighted by Crippen LogP contribution is -2.46. The molecule has 13 nitrogen and oxygen atoms in total. The first-order valence-corrected chi connectivity index (χ1v) is 17.9. The van der Waals surface area contributed by atoms with Crippen molar-refractivity contribution in [1.82, 2.24) is 38.9 Å². The summed E-state index contributed by atoms with van der Waals surface area (Å²) in [6.45, 7) is 3.37. The number of nitrogens with one attached hydrogen (secondary N) is 1. The Hall–Kier alpha value is -5.49. The summed E-state index contributed by atoms with van der Waals surface area (Å²) in [5.41, 5.74) is -1.90. The summed E-state index contributed by atoms with van der Waals surface area (Å²) < 4.78 is 73.0. The fraction of sp³-hybridized carbons (Fsp3) is 0.378. The number of aryl methyl sites for hydroxylation is 1. The molecule has 2 aromatic carbocycles. The number of carbonyl (C=O) groups excluding carboxylic acids is 2. The molecule has 1 atom stereocenters. The lowest BCUT2D eigenvalue weighted by atomic mass is 9.73. The zero-order chi connectivity index (χ0) is 40.4. The third kappa shape index (κ3) is 6.84. The third-order valence-electron chi connectivity index (χ3n) is 10.4. The van der Waals surface area contributed by atoms with Gasteiger partial charge in [-0.15, -0.1) is 5.10 Å². The molecular formula is C37H35ClF5N9O4. The van der Waals surface area contributed by atoms with Crippen LogP contribution in [0.5, 0.6) is 5.75 Å². The minimum Gasteiger partial charge on any atom is -0.504 e. The minimum absolute atomic E-state index is 0.0859. The highest BCUT2D eigenvalue weighted by Crippen LogP contribution is 2.50. The molecule has 1 spiro atoms. The van der Waals surface area contributed by atoms with Gasteiger partial charge in [-0.25, -0.2) is 18.7 Å². The number of halogens is 6. The Morgan fingerprint density at radius 3 is 2.46 bits per heavy atom. The fourth-order valence-electron chi connectivity index (χ4n) is 7.85. The summed E-state index contributed by atoms with van der Waals surface area (Å²) >= 11 is 6.13. The largest absolute Gasteiger partial charge is 0.504 e. The van der Waals surface area contributed by atoms with E-state index in [0.717, 1.165) is 28.8 Å². The molecule has 2 amide bonds. The average molecular weight is 800 g/mol. The highest BCUT2D eigenvalue weighted by atomic mass is 35.5. The van der Waals surface area contributed by atoms with Crippen LogP contribution in [0.1, 0.15) is 70.7 Å². The van der Waals surface area contributed by atoms with Gasteiger partial charge in [0.25, 0.3) is 11.5 Å². The van der Waals surface area contributed by atoms with Crippen molar-refractivity contribution >= 4 is 34.9 Å². The van der Waals surface area contributed by atoms with E-state index in [2.05, 4.69) is 25.4 Å². The summed E-state index contributed by atoms with van der Waals surface area (Å²) in [6, 6.07) is 4.45. The van der Waals surface area contributed by atoms with Crippen LogP contribution < -0.4 is 10.9 Å². The Kier molecular flexibility index (Phi) is 9.85. The van der Waals surface area contributed by atoms with E-state index in [4.69, 9.17) is 11.6 Å². The number of rotatable bonds is 7. The summed E-state index contributed by atoms with van der Waals surface area (Å²) in [7, 11) is 3.40. The van der Waals surface area contributed by atoms with Crippen molar-refractivity contribution in [2.75, 3.05) is 32.5 Å². The van der Waals surface area contributed by atoms with Crippen molar-refractivity contribution in [3.63, 3.8) is 0 Å². The molecule has 7 rings (SSSR count). The first-order chi connectivity index (χ1) is 26.4. The summed E-state index contributed by atoms with van der Waals surface area (Å²) in [6.07, 6.45) is -2.42. The number of amides is 2. The van der Waals surface area contributed by atoms with Gasteiger partial charge in [0.05, 0.1) is 27.5 Å². The number of anilines is 1. The van der Waals surface area contributed by atoms with Crippen LogP contribution in [0.15, 0.2) is 41.5 Å². The molecule has 2 N–H and O–H groups in total. The van der Waals surface area contributed by atoms with Gasteiger partial charge >= 0.3 is 6.18 Å². The highest BCUT2D eigenvalue weighted by Gasteiger charge is 2.49. The van der Waals surface area contributed by atoms with E-state index >= 15 is 8.78 Å². The maximum absolute atomic E-state index is 15.6. The first kappa shape index (κ1) is 38.8. The molecule has 56 heavy (non-hydrogen) atoms. The summed E-state index contributed by atoms with van der Waals surface area (Å²) in [5, 5.41) is 17.0. The second-order valence-corrected chi connectivity index (χ2v) is 14.9. The maximum Gasteiger partial charge on any atom is 0.416 e. The van der Waals surface area contributed by atoms with E-state index in [1.165, 1.54) is 15.8 Å². The quantitative estimate of drug-likeness (QED) is 0.198. The molecule has 0 unspecified atom stereocenters. The maximum atomic E-state index is 15.6. The summed E-state index contributed by atoms with van der Waals surface area (Å²) in [5.74, 6) is -3.97. The lowest BCUT2D eigenvalue weighted by molar-refractivity contribution is -0.137. The molecule has 0 saturated carbocycles. The van der Waals surface area contributed by atoms with Crippen LogP contribution >= 0.6 is 11.6 Å². The zero-order valence-electron chi connectivity index (χ0n) is 30.5. The number of alkyl halides is 3. The van der Waals surface area contributed by atoms with E-state index in [-0.39, 0.29) is 76.1 Å². The Labute approximate surface area is 320 Å². The van der Waals surface area contributed by atoms with Crippen molar-refractivity contribution in [2.24, 2.45) is 0 Å². The smallest absolute Gasteiger partial charge is 0.416 e. The van der Waals surface area contributed by atoms with Crippen molar-refractivity contribution in [3.8, 4) is 17.1 Å². The molecule has 5 aromatic rings. The van der Waals surface area contributed by atoms with Crippen LogP contribution in [0.25, 0.3) is 17.2 Å². The SMILES string of the molecule is Cc1ncnc(C(=O)N2CCC3(CC2)C[C@H](C)c2c3c(=O)n3nc(-c4cc(F)c(CN(C)C)cc4F)nc3n2CC(=O)Nc2ccc(C(F)(F)F)cc2Cl)c1O. The molecule has 0 bridgehead atoms. The van der Waals surface area contributed by atoms with Crippen LogP contribution in [0, 0.1) is 18.6 Å². The number of likely N-dealkylation sites (tertiary alicyclic amines) is 1. The number of benzene rings is 2. The van der Waals surface area contributed by atoms with Crippen LogP contribution in [-0.4, -0.2) is 83.0 Å². The van der Waals surface area contributed by atoms with Crippen molar-refractivity contribution in [2.45, 2.75) is 63.7 Å². The number of hydrogen-bond acceptors (Lipinski definition) is 9. The van der Waals surface area contributed by atoms with Crippen LogP contribution in [0.3, 0.4) is 0 Å². The van der Waals surface area contributed by atoms with E-state index < -0.39 is 52.7 Å². The Bertz CT molecular complexity index is 2480. The monoisotopic (exact) mass is 799 g/mol. The molecule has 4 heterocycles. The average Bonchev–Trinajstić information content (AvgIpc) is 3.69. The first-order valence-electron chi connectivity index (χ1n) is 17.5. The van der Waals surface area contributed by atoms with E-state index in [1.54, 1.807) is 25.9 Å². The molecular weight excluding hydrogens is 765 g/mol. The van der Waals surface area contributed by atoms with Gasteiger partial charge in [-0.3, -0.25) is 14.4 Å². The second-order valence-electron chi connectivity index (χ2n) is 14.5. The number of aromatic hydroxyl groups is 1. The molecule has 19 heteroatoms. The van der Waals surface area contributed by atoms with Crippen molar-refractivity contribution < 1.29 is 36.6 Å². The second kappa shape index (κ2) is 14.2. The molecule has 0 radical (unpaired) electrons. The minimum atomic E-state index is -4.67. The Morgan fingerprint density at radius 2 is 1.80 bits per heavy atom. The third-order valence-corrected chi connectivity index (χ3v) is 10.7. The number of nitrogens with zero attached hydrogens (tertiary/aromatic N) is 8. The van der Waals surface area contributed by atoms with Crippen molar-refractivity contribution in [1.29, 1.82) is 0 Å². The molecule has 1 saturated heterocycles. The van der Waals surface area contributed by atoms with Gasteiger partial charge in [-0.1, -0.05) is 18.5 Å². The number of carbonyl (C=O) groups is 2. The predicted octanol–water partition coefficient (Wildman–Crippen LogP) is 5.69. The topological polar surface area (TPSA) is 151 Å². The standard InChI is InChI=1S/C37H35ClF5N9O4/c1-18-14-36(7-9-50(10-8-36)34(56)29-31(54)19(2)44-17-45-29)28-30(18)51(16-27(53)46-26-6-5-21(12-23(26)38)37(41,42)43)35-47-32(48-52(35)33(28)55)22-13-24(39)20(11-25(22)40)15-49(3)4/h5-6,11-13,17-18,54H,7-10,14-16H2,1-4H3,(H,46,53)/t18-/m0/s1. The van der Waals surface area contributed by atoms with Crippen LogP contribution in [-0.2, 0) is 29.5 Å². The summed E-state index contributed by atoms with van der Waals surface area (Å²) in [4.78, 5) is 57.2. The predicted molar refractivity (Wildman–Crippen MR) is 193 cm³/mol. The molecule has 3 aromatic heterocycles. The molecule has 1 aliphatic heterocycles. The van der Waals surface area contributed by atoms with Gasteiger partial charge in [0.15, 0.2) is 17.3 Å². The van der Waals surface area contributed by atoms with E-state index in [0.29, 0.717) is 36.6 Å². The van der Waals surface area contributed by atoms with Gasteiger partial charge in [0.1, 0.15) is 24.5 Å². The van der Waals surface area contributed by atoms with Gasteiger partial charge in [0, 0.05) is 41.9 Å². The Morgan fingerprint density at radius 1 is 1.09 bits per heavy atom. The highest BCUT2D eigenvalue weighted by molar-refractivity contribution is 6.33. The fourth-order valence-corrected chi connectivity index (χ4v) is 8.08. The van der Waals surface area contributed by atoms with Crippen LogP contribution in [0.4, 0.5) is 27.6 Å². The Balaban J connectivity index is 1.31. The van der Waals surface area contributed by atoms with E-state index in [1.807, 2.05) is 6.92 Å². The lowest BCUT2D eigenvalue weighted by Gasteiger charge is -2.39.